The molecule has 1 N–H and O–H groups in total. The molecule has 138 valence electrons. The SMILES string of the molecule is O=C(Nc1ccc(SC(F)(F)F)cc1)N1CCC2(CC1)OCCCO2. The van der Waals surface area contributed by atoms with Crippen molar-refractivity contribution in [2.45, 2.75) is 35.5 Å². The molecule has 0 aromatic heterocycles. The molecule has 2 aliphatic rings. The largest absolute Gasteiger partial charge is 0.446 e. The fourth-order valence-electron chi connectivity index (χ4n) is 2.90. The van der Waals surface area contributed by atoms with Gasteiger partial charge in [0.15, 0.2) is 5.79 Å². The zero-order valence-electron chi connectivity index (χ0n) is 13.5. The van der Waals surface area contributed by atoms with Gasteiger partial charge in [0, 0.05) is 36.5 Å². The first kappa shape index (κ1) is 18.3. The van der Waals surface area contributed by atoms with Crippen LogP contribution >= 0.6 is 11.8 Å². The van der Waals surface area contributed by atoms with Gasteiger partial charge in [0.1, 0.15) is 0 Å². The molecule has 5 nitrogen and oxygen atoms in total. The zero-order chi connectivity index (χ0) is 17.9. The maximum Gasteiger partial charge on any atom is 0.446 e. The van der Waals surface area contributed by atoms with E-state index < -0.39 is 11.3 Å². The van der Waals surface area contributed by atoms with Crippen molar-refractivity contribution in [2.24, 2.45) is 0 Å². The lowest BCUT2D eigenvalue weighted by molar-refractivity contribution is -0.281. The topological polar surface area (TPSA) is 50.8 Å². The number of rotatable bonds is 2. The van der Waals surface area contributed by atoms with Crippen LogP contribution in [0.2, 0.25) is 0 Å². The molecule has 0 radical (unpaired) electrons. The summed E-state index contributed by atoms with van der Waals surface area (Å²) in [6.45, 7) is 2.37. The summed E-state index contributed by atoms with van der Waals surface area (Å²) in [5.74, 6) is -0.564. The summed E-state index contributed by atoms with van der Waals surface area (Å²) in [6, 6.07) is 5.32. The van der Waals surface area contributed by atoms with Crippen LogP contribution in [0.15, 0.2) is 29.2 Å². The van der Waals surface area contributed by atoms with Gasteiger partial charge < -0.3 is 19.7 Å². The summed E-state index contributed by atoms with van der Waals surface area (Å²) in [6.07, 6.45) is 2.11. The van der Waals surface area contributed by atoms with E-state index in [2.05, 4.69) is 5.32 Å². The lowest BCUT2D eigenvalue weighted by atomic mass is 10.0. The predicted octanol–water partition coefficient (Wildman–Crippen LogP) is 4.06. The van der Waals surface area contributed by atoms with E-state index in [0.29, 0.717) is 44.8 Å². The lowest BCUT2D eigenvalue weighted by Gasteiger charge is -2.43. The highest BCUT2D eigenvalue weighted by Gasteiger charge is 2.39. The van der Waals surface area contributed by atoms with Gasteiger partial charge in [-0.25, -0.2) is 4.79 Å². The molecule has 0 bridgehead atoms. The number of thioether (sulfide) groups is 1. The third-order valence-corrected chi connectivity index (χ3v) is 4.91. The Morgan fingerprint density at radius 3 is 2.28 bits per heavy atom. The van der Waals surface area contributed by atoms with E-state index in [1.165, 1.54) is 24.3 Å². The number of halogens is 3. The van der Waals surface area contributed by atoms with Crippen LogP contribution in [0.5, 0.6) is 0 Å². The number of urea groups is 1. The van der Waals surface area contributed by atoms with E-state index in [0.717, 1.165) is 6.42 Å². The highest BCUT2D eigenvalue weighted by atomic mass is 32.2. The van der Waals surface area contributed by atoms with Gasteiger partial charge in [-0.05, 0) is 42.4 Å². The van der Waals surface area contributed by atoms with Gasteiger partial charge in [-0.3, -0.25) is 0 Å². The Morgan fingerprint density at radius 2 is 1.72 bits per heavy atom. The van der Waals surface area contributed by atoms with Gasteiger partial charge in [-0.2, -0.15) is 13.2 Å². The Bertz CT molecular complexity index is 594. The molecular weight excluding hydrogens is 357 g/mol. The van der Waals surface area contributed by atoms with Gasteiger partial charge in [-0.1, -0.05) is 0 Å². The molecule has 1 aromatic carbocycles. The molecule has 0 atom stereocenters. The first-order valence-corrected chi connectivity index (χ1v) is 8.87. The number of hydrogen-bond donors (Lipinski definition) is 1. The molecule has 2 heterocycles. The number of anilines is 1. The van der Waals surface area contributed by atoms with E-state index >= 15 is 0 Å². The average Bonchev–Trinajstić information content (AvgIpc) is 2.57. The van der Waals surface area contributed by atoms with Gasteiger partial charge in [0.25, 0.3) is 0 Å². The van der Waals surface area contributed by atoms with Gasteiger partial charge in [-0.15, -0.1) is 0 Å². The monoisotopic (exact) mass is 376 g/mol. The third-order valence-electron chi connectivity index (χ3n) is 4.17. The second-order valence-electron chi connectivity index (χ2n) is 5.95. The molecule has 0 saturated carbocycles. The first-order chi connectivity index (χ1) is 11.9. The van der Waals surface area contributed by atoms with E-state index in [-0.39, 0.29) is 22.7 Å². The number of likely N-dealkylation sites (tertiary alicyclic amines) is 1. The number of amides is 2. The molecule has 2 fully saturated rings. The second-order valence-corrected chi connectivity index (χ2v) is 7.09. The summed E-state index contributed by atoms with van der Waals surface area (Å²) < 4.78 is 48.4. The molecule has 2 aliphatic heterocycles. The predicted molar refractivity (Wildman–Crippen MR) is 87.4 cm³/mol. The highest BCUT2D eigenvalue weighted by molar-refractivity contribution is 8.00. The van der Waals surface area contributed by atoms with Crippen molar-refractivity contribution >= 4 is 23.5 Å². The Hall–Kier alpha value is -1.45. The number of piperidine rings is 1. The quantitative estimate of drug-likeness (QED) is 0.791. The van der Waals surface area contributed by atoms with Crippen molar-refractivity contribution in [3.05, 3.63) is 24.3 Å². The number of ether oxygens (including phenoxy) is 2. The minimum absolute atomic E-state index is 0.0806. The van der Waals surface area contributed by atoms with Gasteiger partial charge in [0.2, 0.25) is 0 Å². The first-order valence-electron chi connectivity index (χ1n) is 8.05. The smallest absolute Gasteiger partial charge is 0.350 e. The van der Waals surface area contributed by atoms with Crippen molar-refractivity contribution in [1.29, 1.82) is 0 Å². The van der Waals surface area contributed by atoms with Crippen LogP contribution in [-0.4, -0.2) is 48.5 Å². The van der Waals surface area contributed by atoms with Gasteiger partial charge in [0.05, 0.1) is 13.2 Å². The minimum atomic E-state index is -4.32. The number of carbonyl (C=O) groups is 1. The van der Waals surface area contributed by atoms with Crippen molar-refractivity contribution in [3.63, 3.8) is 0 Å². The van der Waals surface area contributed by atoms with Gasteiger partial charge >= 0.3 is 11.5 Å². The van der Waals surface area contributed by atoms with Crippen LogP contribution < -0.4 is 5.32 Å². The van der Waals surface area contributed by atoms with Crippen LogP contribution in [0.25, 0.3) is 0 Å². The van der Waals surface area contributed by atoms with E-state index in [9.17, 15) is 18.0 Å². The summed E-state index contributed by atoms with van der Waals surface area (Å²) >= 11 is -0.182. The molecule has 2 amide bonds. The van der Waals surface area contributed by atoms with Crippen LogP contribution in [0.1, 0.15) is 19.3 Å². The van der Waals surface area contributed by atoms with Crippen LogP contribution in [0, 0.1) is 0 Å². The Kier molecular flexibility index (Phi) is 5.45. The number of carbonyl (C=O) groups excluding carboxylic acids is 1. The number of nitrogens with one attached hydrogen (secondary N) is 1. The maximum atomic E-state index is 12.3. The van der Waals surface area contributed by atoms with Crippen molar-refractivity contribution < 1.29 is 27.4 Å². The Balaban J connectivity index is 1.51. The van der Waals surface area contributed by atoms with Crippen LogP contribution in [0.3, 0.4) is 0 Å². The van der Waals surface area contributed by atoms with E-state index in [4.69, 9.17) is 9.47 Å². The molecule has 0 aliphatic carbocycles. The normalized spacial score (nSPS) is 20.5. The molecular formula is C16H19F3N2O3S. The molecule has 2 saturated heterocycles. The number of alkyl halides is 3. The van der Waals surface area contributed by atoms with Crippen LogP contribution in [-0.2, 0) is 9.47 Å². The summed E-state index contributed by atoms with van der Waals surface area (Å²) in [5, 5.41) is 2.71. The minimum Gasteiger partial charge on any atom is -0.350 e. The van der Waals surface area contributed by atoms with Crippen molar-refractivity contribution in [3.8, 4) is 0 Å². The fourth-order valence-corrected chi connectivity index (χ4v) is 3.44. The number of hydrogen-bond acceptors (Lipinski definition) is 4. The number of nitrogens with zero attached hydrogens (tertiary/aromatic N) is 1. The second kappa shape index (κ2) is 7.43. The highest BCUT2D eigenvalue weighted by Crippen LogP contribution is 2.37. The molecule has 0 unspecified atom stereocenters. The maximum absolute atomic E-state index is 12.3. The van der Waals surface area contributed by atoms with E-state index in [1.54, 1.807) is 4.90 Å². The summed E-state index contributed by atoms with van der Waals surface area (Å²) in [4.78, 5) is 14.0. The Morgan fingerprint density at radius 1 is 1.12 bits per heavy atom. The number of benzene rings is 1. The summed E-state index contributed by atoms with van der Waals surface area (Å²) in [7, 11) is 0. The molecule has 9 heteroatoms. The zero-order valence-corrected chi connectivity index (χ0v) is 14.3. The van der Waals surface area contributed by atoms with E-state index in [1.807, 2.05) is 0 Å². The van der Waals surface area contributed by atoms with Crippen LogP contribution in [0.4, 0.5) is 23.7 Å². The van der Waals surface area contributed by atoms with Crippen molar-refractivity contribution in [1.82, 2.24) is 4.90 Å². The Labute approximate surface area is 147 Å². The third kappa shape index (κ3) is 5.02. The molecule has 25 heavy (non-hydrogen) atoms. The molecule has 1 spiro atoms. The van der Waals surface area contributed by atoms with Crippen molar-refractivity contribution in [2.75, 3.05) is 31.6 Å². The molecule has 3 rings (SSSR count). The lowest BCUT2D eigenvalue weighted by Crippen LogP contribution is -2.52. The summed E-state index contributed by atoms with van der Waals surface area (Å²) in [5.41, 5.74) is -3.86. The fraction of sp³-hybridized carbons (Fsp3) is 0.562. The average molecular weight is 376 g/mol. The standard InChI is InChI=1S/C16H19F3N2O3S/c17-16(18,19)25-13-4-2-12(3-5-13)20-14(22)21-8-6-15(7-9-21)23-10-1-11-24-15/h2-5H,1,6-11H2,(H,20,22). The molecule has 1 aromatic rings.